The van der Waals surface area contributed by atoms with Gasteiger partial charge in [0.25, 0.3) is 0 Å². The van der Waals surface area contributed by atoms with Crippen LogP contribution in [-0.4, -0.2) is 5.78 Å². The van der Waals surface area contributed by atoms with Crippen LogP contribution < -0.4 is 5.32 Å². The summed E-state index contributed by atoms with van der Waals surface area (Å²) < 4.78 is 1.01. The minimum Gasteiger partial charge on any atom is -0.378 e. The third-order valence-electron chi connectivity index (χ3n) is 3.85. The topological polar surface area (TPSA) is 29.1 Å². The number of rotatable bonds is 6. The van der Waals surface area contributed by atoms with Gasteiger partial charge in [0.1, 0.15) is 0 Å². The maximum Gasteiger partial charge on any atom is 0.165 e. The van der Waals surface area contributed by atoms with Crippen LogP contribution in [0.2, 0.25) is 0 Å². The van der Waals surface area contributed by atoms with Crippen molar-refractivity contribution in [2.45, 2.75) is 12.5 Å². The first-order valence-electron chi connectivity index (χ1n) is 7.87. The molecule has 1 N–H and O–H groups in total. The van der Waals surface area contributed by atoms with Crippen molar-refractivity contribution in [3.63, 3.8) is 0 Å². The molecule has 120 valence electrons. The summed E-state index contributed by atoms with van der Waals surface area (Å²) in [6.07, 6.45) is 0.403. The SMILES string of the molecule is O=C(CC(Nc1cccc(Br)c1)c1ccccc1)c1ccccc1. The average molecular weight is 380 g/mol. The number of carbonyl (C=O) groups is 1. The van der Waals surface area contributed by atoms with Crippen LogP contribution in [0.4, 0.5) is 5.69 Å². The zero-order valence-corrected chi connectivity index (χ0v) is 14.7. The lowest BCUT2D eigenvalue weighted by atomic mass is 9.97. The molecule has 0 radical (unpaired) electrons. The predicted molar refractivity (Wildman–Crippen MR) is 102 cm³/mol. The van der Waals surface area contributed by atoms with Crippen LogP contribution in [0.5, 0.6) is 0 Å². The number of hydrogen-bond donors (Lipinski definition) is 1. The highest BCUT2D eigenvalue weighted by Crippen LogP contribution is 2.26. The summed E-state index contributed by atoms with van der Waals surface area (Å²) in [6.45, 7) is 0. The molecule has 3 aromatic rings. The molecule has 0 bridgehead atoms. The fourth-order valence-electron chi connectivity index (χ4n) is 2.64. The molecular weight excluding hydrogens is 362 g/mol. The van der Waals surface area contributed by atoms with Crippen LogP contribution in [0.15, 0.2) is 89.4 Å². The van der Waals surface area contributed by atoms with Gasteiger partial charge in [0.2, 0.25) is 0 Å². The quantitative estimate of drug-likeness (QED) is 0.542. The average Bonchev–Trinajstić information content (AvgIpc) is 2.63. The molecule has 0 aromatic heterocycles. The fourth-order valence-corrected chi connectivity index (χ4v) is 3.04. The van der Waals surface area contributed by atoms with Crippen LogP contribution in [0.25, 0.3) is 0 Å². The molecule has 2 nitrogen and oxygen atoms in total. The van der Waals surface area contributed by atoms with Crippen molar-refractivity contribution in [3.8, 4) is 0 Å². The van der Waals surface area contributed by atoms with E-state index >= 15 is 0 Å². The maximum absolute atomic E-state index is 12.6. The fraction of sp³-hybridized carbons (Fsp3) is 0.0952. The van der Waals surface area contributed by atoms with Crippen molar-refractivity contribution < 1.29 is 4.79 Å². The summed E-state index contributed by atoms with van der Waals surface area (Å²) in [5.74, 6) is 0.131. The summed E-state index contributed by atoms with van der Waals surface area (Å²) in [5.41, 5.74) is 2.83. The molecule has 0 aliphatic carbocycles. The van der Waals surface area contributed by atoms with E-state index < -0.39 is 0 Å². The van der Waals surface area contributed by atoms with E-state index in [4.69, 9.17) is 0 Å². The lowest BCUT2D eigenvalue weighted by Gasteiger charge is -2.20. The van der Waals surface area contributed by atoms with Gasteiger partial charge in [-0.15, -0.1) is 0 Å². The number of hydrogen-bond acceptors (Lipinski definition) is 2. The van der Waals surface area contributed by atoms with Crippen molar-refractivity contribution in [2.24, 2.45) is 0 Å². The van der Waals surface area contributed by atoms with E-state index in [0.717, 1.165) is 21.3 Å². The van der Waals surface area contributed by atoms with Crippen LogP contribution >= 0.6 is 15.9 Å². The number of anilines is 1. The molecule has 0 amide bonds. The largest absolute Gasteiger partial charge is 0.378 e. The number of Topliss-reactive ketones (excluding diaryl/α,β-unsaturated/α-hetero) is 1. The van der Waals surface area contributed by atoms with Gasteiger partial charge < -0.3 is 5.32 Å². The minimum atomic E-state index is -0.0757. The van der Waals surface area contributed by atoms with Gasteiger partial charge >= 0.3 is 0 Å². The van der Waals surface area contributed by atoms with Gasteiger partial charge in [0, 0.05) is 22.1 Å². The van der Waals surface area contributed by atoms with Gasteiger partial charge in [-0.1, -0.05) is 82.7 Å². The molecule has 0 aliphatic rings. The summed E-state index contributed by atoms with van der Waals surface area (Å²) in [6, 6.07) is 27.4. The van der Waals surface area contributed by atoms with Crippen molar-refractivity contribution in [2.75, 3.05) is 5.32 Å². The summed E-state index contributed by atoms with van der Waals surface area (Å²) in [4.78, 5) is 12.6. The molecule has 0 spiro atoms. The third-order valence-corrected chi connectivity index (χ3v) is 4.35. The molecule has 24 heavy (non-hydrogen) atoms. The molecule has 0 saturated carbocycles. The Morgan fingerprint density at radius 3 is 2.21 bits per heavy atom. The highest BCUT2D eigenvalue weighted by atomic mass is 79.9. The van der Waals surface area contributed by atoms with Crippen LogP contribution in [-0.2, 0) is 0 Å². The number of halogens is 1. The molecule has 0 heterocycles. The number of benzene rings is 3. The van der Waals surface area contributed by atoms with Crippen LogP contribution in [0, 0.1) is 0 Å². The summed E-state index contributed by atoms with van der Waals surface area (Å²) >= 11 is 3.49. The Morgan fingerprint density at radius 2 is 1.54 bits per heavy atom. The lowest BCUT2D eigenvalue weighted by molar-refractivity contribution is 0.0976. The molecule has 3 heteroatoms. The molecule has 3 rings (SSSR count). The normalized spacial score (nSPS) is 11.7. The van der Waals surface area contributed by atoms with Gasteiger partial charge in [-0.3, -0.25) is 4.79 Å². The first-order chi connectivity index (χ1) is 11.7. The van der Waals surface area contributed by atoms with E-state index in [-0.39, 0.29) is 11.8 Å². The Labute approximate surface area is 150 Å². The summed E-state index contributed by atoms with van der Waals surface area (Å²) in [5, 5.41) is 3.49. The smallest absolute Gasteiger partial charge is 0.165 e. The first-order valence-corrected chi connectivity index (χ1v) is 8.67. The monoisotopic (exact) mass is 379 g/mol. The Bertz CT molecular complexity index is 802. The minimum absolute atomic E-state index is 0.0757. The van der Waals surface area contributed by atoms with Gasteiger partial charge in [0.05, 0.1) is 6.04 Å². The van der Waals surface area contributed by atoms with Crippen LogP contribution in [0.3, 0.4) is 0 Å². The Kier molecular flexibility index (Phi) is 5.44. The molecule has 1 atom stereocenters. The Morgan fingerprint density at radius 1 is 0.875 bits per heavy atom. The second kappa shape index (κ2) is 7.93. The maximum atomic E-state index is 12.6. The standard InChI is InChI=1S/C21H18BrNO/c22-18-12-7-13-19(14-18)23-20(16-8-3-1-4-9-16)15-21(24)17-10-5-2-6-11-17/h1-14,20,23H,15H2. The first kappa shape index (κ1) is 16.5. The molecule has 3 aromatic carbocycles. The molecular formula is C21H18BrNO. The van der Waals surface area contributed by atoms with Gasteiger partial charge in [-0.2, -0.15) is 0 Å². The predicted octanol–water partition coefficient (Wildman–Crippen LogP) is 5.88. The van der Waals surface area contributed by atoms with Crippen molar-refractivity contribution in [1.29, 1.82) is 0 Å². The molecule has 0 saturated heterocycles. The van der Waals surface area contributed by atoms with E-state index in [1.54, 1.807) is 0 Å². The Balaban J connectivity index is 1.84. The van der Waals surface area contributed by atoms with Crippen molar-refractivity contribution in [3.05, 3.63) is 101 Å². The van der Waals surface area contributed by atoms with E-state index in [9.17, 15) is 4.79 Å². The van der Waals surface area contributed by atoms with E-state index in [1.165, 1.54) is 0 Å². The number of ketones is 1. The number of nitrogens with one attached hydrogen (secondary N) is 1. The van der Waals surface area contributed by atoms with E-state index in [2.05, 4.69) is 21.2 Å². The van der Waals surface area contributed by atoms with Gasteiger partial charge in [-0.25, -0.2) is 0 Å². The molecule has 1 unspecified atom stereocenters. The second-order valence-corrected chi connectivity index (χ2v) is 6.53. The summed E-state index contributed by atoms with van der Waals surface area (Å²) in [7, 11) is 0. The zero-order valence-electron chi connectivity index (χ0n) is 13.2. The molecule has 0 fully saturated rings. The van der Waals surface area contributed by atoms with E-state index in [0.29, 0.717) is 6.42 Å². The van der Waals surface area contributed by atoms with E-state index in [1.807, 2.05) is 84.9 Å². The van der Waals surface area contributed by atoms with Gasteiger partial charge in [-0.05, 0) is 23.8 Å². The third kappa shape index (κ3) is 4.33. The lowest BCUT2D eigenvalue weighted by Crippen LogP contribution is -2.15. The van der Waals surface area contributed by atoms with Crippen molar-refractivity contribution in [1.82, 2.24) is 0 Å². The highest BCUT2D eigenvalue weighted by Gasteiger charge is 2.17. The Hall–Kier alpha value is -2.39. The second-order valence-electron chi connectivity index (χ2n) is 5.61. The highest BCUT2D eigenvalue weighted by molar-refractivity contribution is 9.10. The molecule has 0 aliphatic heterocycles. The van der Waals surface area contributed by atoms with Crippen LogP contribution in [0.1, 0.15) is 28.4 Å². The van der Waals surface area contributed by atoms with Crippen molar-refractivity contribution >= 4 is 27.4 Å². The number of carbonyl (C=O) groups excluding carboxylic acids is 1. The zero-order chi connectivity index (χ0) is 16.8. The van der Waals surface area contributed by atoms with Gasteiger partial charge in [0.15, 0.2) is 5.78 Å².